The minimum absolute atomic E-state index is 0.0339. The second-order valence-corrected chi connectivity index (χ2v) is 5.32. The molecule has 0 aliphatic carbocycles. The van der Waals surface area contributed by atoms with Crippen LogP contribution in [0.3, 0.4) is 0 Å². The van der Waals surface area contributed by atoms with Crippen molar-refractivity contribution in [2.75, 3.05) is 5.32 Å². The molecule has 0 fully saturated rings. The van der Waals surface area contributed by atoms with E-state index in [4.69, 9.17) is 5.73 Å². The van der Waals surface area contributed by atoms with Crippen LogP contribution in [-0.4, -0.2) is 10.5 Å². The van der Waals surface area contributed by atoms with Crippen LogP contribution < -0.4 is 11.1 Å². The SMILES string of the molecule is CC[C@@H](N)c1cnc(NC(C)(C)C)c(C)c1. The van der Waals surface area contributed by atoms with Gasteiger partial charge in [0.05, 0.1) is 0 Å². The van der Waals surface area contributed by atoms with Crippen molar-refractivity contribution in [3.63, 3.8) is 0 Å². The molecular weight excluding hydrogens is 198 g/mol. The lowest BCUT2D eigenvalue weighted by Crippen LogP contribution is -2.27. The molecule has 90 valence electrons. The molecule has 0 aliphatic rings. The molecule has 1 rings (SSSR count). The third-order valence-electron chi connectivity index (χ3n) is 2.46. The van der Waals surface area contributed by atoms with Gasteiger partial charge in [-0.1, -0.05) is 6.92 Å². The van der Waals surface area contributed by atoms with E-state index in [1.807, 2.05) is 6.20 Å². The molecule has 0 unspecified atom stereocenters. The zero-order valence-electron chi connectivity index (χ0n) is 11.0. The molecule has 16 heavy (non-hydrogen) atoms. The highest BCUT2D eigenvalue weighted by molar-refractivity contribution is 5.46. The van der Waals surface area contributed by atoms with Crippen LogP contribution in [0.25, 0.3) is 0 Å². The molecular formula is C13H23N3. The van der Waals surface area contributed by atoms with Crippen LogP contribution in [0.15, 0.2) is 12.3 Å². The number of aromatic nitrogens is 1. The summed E-state index contributed by atoms with van der Waals surface area (Å²) >= 11 is 0. The number of hydrogen-bond acceptors (Lipinski definition) is 3. The predicted octanol–water partition coefficient (Wildman–Crippen LogP) is 3.01. The van der Waals surface area contributed by atoms with Gasteiger partial charge in [0.25, 0.3) is 0 Å². The Hall–Kier alpha value is -1.09. The fraction of sp³-hybridized carbons (Fsp3) is 0.615. The molecule has 0 saturated carbocycles. The molecule has 3 heteroatoms. The topological polar surface area (TPSA) is 50.9 Å². The fourth-order valence-electron chi connectivity index (χ4n) is 1.52. The minimum atomic E-state index is 0.0339. The molecule has 0 amide bonds. The molecule has 0 aliphatic heterocycles. The number of hydrogen-bond donors (Lipinski definition) is 2. The van der Waals surface area contributed by atoms with Crippen molar-refractivity contribution in [2.24, 2.45) is 5.73 Å². The average molecular weight is 221 g/mol. The molecule has 0 spiro atoms. The lowest BCUT2D eigenvalue weighted by molar-refractivity contribution is 0.628. The Morgan fingerprint density at radius 3 is 2.50 bits per heavy atom. The third kappa shape index (κ3) is 3.49. The summed E-state index contributed by atoms with van der Waals surface area (Å²) in [5, 5.41) is 3.38. The summed E-state index contributed by atoms with van der Waals surface area (Å²) in [6, 6.07) is 2.21. The van der Waals surface area contributed by atoms with Gasteiger partial charge in [0, 0.05) is 17.8 Å². The summed E-state index contributed by atoms with van der Waals surface area (Å²) in [6.07, 6.45) is 2.81. The Labute approximate surface area is 98.5 Å². The molecule has 3 nitrogen and oxygen atoms in total. The summed E-state index contributed by atoms with van der Waals surface area (Å²) in [7, 11) is 0. The Bertz CT molecular complexity index is 353. The lowest BCUT2D eigenvalue weighted by Gasteiger charge is -2.23. The summed E-state index contributed by atoms with van der Waals surface area (Å²) in [4.78, 5) is 4.44. The van der Waals surface area contributed by atoms with E-state index in [2.05, 4.69) is 51.0 Å². The van der Waals surface area contributed by atoms with Gasteiger partial charge in [-0.3, -0.25) is 0 Å². The van der Waals surface area contributed by atoms with Crippen LogP contribution in [0, 0.1) is 6.92 Å². The summed E-state index contributed by atoms with van der Waals surface area (Å²) < 4.78 is 0. The van der Waals surface area contributed by atoms with Gasteiger partial charge in [-0.25, -0.2) is 4.98 Å². The van der Waals surface area contributed by atoms with Gasteiger partial charge >= 0.3 is 0 Å². The first-order valence-electron chi connectivity index (χ1n) is 5.84. The maximum atomic E-state index is 5.98. The zero-order valence-corrected chi connectivity index (χ0v) is 11.0. The van der Waals surface area contributed by atoms with Crippen LogP contribution in [0.1, 0.15) is 51.3 Å². The quantitative estimate of drug-likeness (QED) is 0.825. The first-order valence-corrected chi connectivity index (χ1v) is 5.84. The third-order valence-corrected chi connectivity index (χ3v) is 2.46. The van der Waals surface area contributed by atoms with Crippen LogP contribution in [0.2, 0.25) is 0 Å². The predicted molar refractivity (Wildman–Crippen MR) is 69.6 cm³/mol. The number of anilines is 1. The summed E-state index contributed by atoms with van der Waals surface area (Å²) in [5.41, 5.74) is 8.27. The van der Waals surface area contributed by atoms with E-state index >= 15 is 0 Å². The molecule has 0 bridgehead atoms. The maximum absolute atomic E-state index is 5.98. The Balaban J connectivity index is 2.92. The molecule has 0 saturated heterocycles. The van der Waals surface area contributed by atoms with E-state index in [1.54, 1.807) is 0 Å². The van der Waals surface area contributed by atoms with E-state index in [9.17, 15) is 0 Å². The largest absolute Gasteiger partial charge is 0.365 e. The van der Waals surface area contributed by atoms with Crippen molar-refractivity contribution >= 4 is 5.82 Å². The highest BCUT2D eigenvalue weighted by atomic mass is 15.0. The smallest absolute Gasteiger partial charge is 0.129 e. The van der Waals surface area contributed by atoms with E-state index in [-0.39, 0.29) is 11.6 Å². The van der Waals surface area contributed by atoms with Crippen LogP contribution in [-0.2, 0) is 0 Å². The second kappa shape index (κ2) is 4.83. The van der Waals surface area contributed by atoms with E-state index < -0.39 is 0 Å². The first-order chi connectivity index (χ1) is 7.33. The summed E-state index contributed by atoms with van der Waals surface area (Å²) in [5.74, 6) is 0.944. The monoisotopic (exact) mass is 221 g/mol. The normalized spacial score (nSPS) is 13.6. The van der Waals surface area contributed by atoms with Crippen molar-refractivity contribution < 1.29 is 0 Å². The standard InChI is InChI=1S/C13H23N3/c1-6-11(14)10-7-9(2)12(15-8-10)16-13(3,4)5/h7-8,11H,6,14H2,1-5H3,(H,15,16)/t11-/m1/s1. The maximum Gasteiger partial charge on any atom is 0.129 e. The molecule has 1 atom stereocenters. The molecule has 1 aromatic heterocycles. The molecule has 0 aromatic carbocycles. The number of rotatable bonds is 3. The van der Waals surface area contributed by atoms with Crippen molar-refractivity contribution in [3.05, 3.63) is 23.4 Å². The van der Waals surface area contributed by atoms with Crippen molar-refractivity contribution in [1.82, 2.24) is 4.98 Å². The number of pyridine rings is 1. The number of aryl methyl sites for hydroxylation is 1. The van der Waals surface area contributed by atoms with E-state index in [0.717, 1.165) is 23.4 Å². The van der Waals surface area contributed by atoms with Crippen LogP contribution in [0.4, 0.5) is 5.82 Å². The Morgan fingerprint density at radius 2 is 2.06 bits per heavy atom. The minimum Gasteiger partial charge on any atom is -0.365 e. The number of nitrogens with zero attached hydrogens (tertiary/aromatic N) is 1. The first kappa shape index (κ1) is 13.0. The van der Waals surface area contributed by atoms with Crippen LogP contribution >= 0.6 is 0 Å². The van der Waals surface area contributed by atoms with Crippen molar-refractivity contribution in [2.45, 2.75) is 52.6 Å². The van der Waals surface area contributed by atoms with Gasteiger partial charge in [-0.05, 0) is 51.3 Å². The van der Waals surface area contributed by atoms with Crippen molar-refractivity contribution in [3.8, 4) is 0 Å². The van der Waals surface area contributed by atoms with E-state index in [1.165, 1.54) is 0 Å². The van der Waals surface area contributed by atoms with Gasteiger partial charge in [-0.15, -0.1) is 0 Å². The average Bonchev–Trinajstić information content (AvgIpc) is 2.18. The number of nitrogens with one attached hydrogen (secondary N) is 1. The van der Waals surface area contributed by atoms with Gasteiger partial charge < -0.3 is 11.1 Å². The van der Waals surface area contributed by atoms with E-state index in [0.29, 0.717) is 0 Å². The molecule has 0 radical (unpaired) electrons. The molecule has 1 heterocycles. The van der Waals surface area contributed by atoms with Crippen molar-refractivity contribution in [1.29, 1.82) is 0 Å². The van der Waals surface area contributed by atoms with Gasteiger partial charge in [0.1, 0.15) is 5.82 Å². The second-order valence-electron chi connectivity index (χ2n) is 5.32. The molecule has 3 N–H and O–H groups in total. The lowest BCUT2D eigenvalue weighted by atomic mass is 10.0. The Kier molecular flexibility index (Phi) is 3.92. The van der Waals surface area contributed by atoms with Gasteiger partial charge in [-0.2, -0.15) is 0 Å². The van der Waals surface area contributed by atoms with Gasteiger partial charge in [0.15, 0.2) is 0 Å². The van der Waals surface area contributed by atoms with Crippen LogP contribution in [0.5, 0.6) is 0 Å². The summed E-state index contributed by atoms with van der Waals surface area (Å²) in [6.45, 7) is 10.5. The highest BCUT2D eigenvalue weighted by Gasteiger charge is 2.13. The fourth-order valence-corrected chi connectivity index (χ4v) is 1.52. The highest BCUT2D eigenvalue weighted by Crippen LogP contribution is 2.21. The van der Waals surface area contributed by atoms with Gasteiger partial charge in [0.2, 0.25) is 0 Å². The zero-order chi connectivity index (χ0) is 12.3. The molecule has 1 aromatic rings. The Morgan fingerprint density at radius 1 is 1.44 bits per heavy atom. The number of nitrogens with two attached hydrogens (primary N) is 1.